The molecule has 2 aromatic carbocycles. The molecular formula is C18H18N4O3. The number of methoxy groups -OCH3 is 1. The highest BCUT2D eigenvalue weighted by Crippen LogP contribution is 2.28. The Balaban J connectivity index is 2.02. The molecule has 25 heavy (non-hydrogen) atoms. The number of aliphatic carboxylic acids is 1. The van der Waals surface area contributed by atoms with Crippen molar-refractivity contribution in [1.82, 2.24) is 9.97 Å². The molecule has 1 atom stereocenters. The van der Waals surface area contributed by atoms with Gasteiger partial charge in [0.05, 0.1) is 18.3 Å². The number of benzene rings is 2. The summed E-state index contributed by atoms with van der Waals surface area (Å²) in [6.07, 6.45) is 0. The topological polar surface area (TPSA) is 96.4 Å². The zero-order valence-electron chi connectivity index (χ0n) is 13.9. The summed E-state index contributed by atoms with van der Waals surface area (Å²) >= 11 is 0. The smallest absolute Gasteiger partial charge is 0.325 e. The lowest BCUT2D eigenvalue weighted by Gasteiger charge is -2.15. The molecule has 1 heterocycles. The lowest BCUT2D eigenvalue weighted by molar-refractivity contribution is -0.137. The highest BCUT2D eigenvalue weighted by Gasteiger charge is 2.15. The number of aromatic nitrogens is 2. The van der Waals surface area contributed by atoms with Crippen LogP contribution in [-0.2, 0) is 4.79 Å². The van der Waals surface area contributed by atoms with Gasteiger partial charge in [-0.1, -0.05) is 24.3 Å². The third-order valence-corrected chi connectivity index (χ3v) is 3.68. The van der Waals surface area contributed by atoms with E-state index in [-0.39, 0.29) is 0 Å². The number of para-hydroxylation sites is 3. The molecule has 0 radical (unpaired) electrons. The summed E-state index contributed by atoms with van der Waals surface area (Å²) in [5.74, 6) is 0.510. The fraction of sp³-hybridized carbons (Fsp3) is 0.167. The largest absolute Gasteiger partial charge is 0.495 e. The highest BCUT2D eigenvalue weighted by molar-refractivity contribution is 5.92. The summed E-state index contributed by atoms with van der Waals surface area (Å²) in [4.78, 5) is 20.1. The van der Waals surface area contributed by atoms with E-state index in [1.165, 1.54) is 0 Å². The van der Waals surface area contributed by atoms with Gasteiger partial charge in [0.15, 0.2) is 0 Å². The number of carbonyl (C=O) groups is 1. The summed E-state index contributed by atoms with van der Waals surface area (Å²) in [6.45, 7) is 1.56. The molecule has 0 aliphatic carbocycles. The fourth-order valence-corrected chi connectivity index (χ4v) is 2.38. The van der Waals surface area contributed by atoms with Gasteiger partial charge in [-0.25, -0.2) is 4.98 Å². The van der Waals surface area contributed by atoms with Crippen LogP contribution in [0.15, 0.2) is 48.5 Å². The molecule has 7 heteroatoms. The second-order valence-electron chi connectivity index (χ2n) is 5.44. The van der Waals surface area contributed by atoms with Crippen molar-refractivity contribution >= 4 is 34.3 Å². The average molecular weight is 338 g/mol. The first-order valence-electron chi connectivity index (χ1n) is 7.74. The van der Waals surface area contributed by atoms with Gasteiger partial charge in [0.1, 0.15) is 17.6 Å². The summed E-state index contributed by atoms with van der Waals surface area (Å²) in [5, 5.41) is 15.9. The third-order valence-electron chi connectivity index (χ3n) is 3.68. The van der Waals surface area contributed by atoms with E-state index in [1.807, 2.05) is 48.5 Å². The Morgan fingerprint density at radius 3 is 2.60 bits per heavy atom. The molecule has 3 rings (SSSR count). The van der Waals surface area contributed by atoms with Crippen molar-refractivity contribution in [2.75, 3.05) is 17.7 Å². The second-order valence-corrected chi connectivity index (χ2v) is 5.44. The number of anilines is 3. The van der Waals surface area contributed by atoms with Crippen molar-refractivity contribution < 1.29 is 14.6 Å². The van der Waals surface area contributed by atoms with Crippen molar-refractivity contribution in [2.24, 2.45) is 0 Å². The summed E-state index contributed by atoms with van der Waals surface area (Å²) in [7, 11) is 1.59. The fourth-order valence-electron chi connectivity index (χ4n) is 2.38. The molecule has 0 bridgehead atoms. The van der Waals surface area contributed by atoms with E-state index in [9.17, 15) is 4.79 Å². The SMILES string of the molecule is COc1ccccc1Nc1nc(NC(C)C(=O)O)c2ccccc2n1. The predicted octanol–water partition coefficient (Wildman–Crippen LogP) is 3.27. The van der Waals surface area contributed by atoms with Gasteiger partial charge < -0.3 is 20.5 Å². The molecule has 1 aromatic heterocycles. The zero-order valence-corrected chi connectivity index (χ0v) is 13.9. The van der Waals surface area contributed by atoms with Crippen molar-refractivity contribution in [3.63, 3.8) is 0 Å². The van der Waals surface area contributed by atoms with Gasteiger partial charge in [0.2, 0.25) is 5.95 Å². The van der Waals surface area contributed by atoms with Crippen LogP contribution >= 0.6 is 0 Å². The normalized spacial score (nSPS) is 11.8. The van der Waals surface area contributed by atoms with E-state index in [0.717, 1.165) is 11.1 Å². The maximum atomic E-state index is 11.2. The zero-order chi connectivity index (χ0) is 17.8. The molecule has 0 spiro atoms. The summed E-state index contributed by atoms with van der Waals surface area (Å²) in [5.41, 5.74) is 1.42. The van der Waals surface area contributed by atoms with Crippen LogP contribution in [0.2, 0.25) is 0 Å². The number of hydrogen-bond acceptors (Lipinski definition) is 6. The summed E-state index contributed by atoms with van der Waals surface area (Å²) in [6, 6.07) is 14.1. The average Bonchev–Trinajstić information content (AvgIpc) is 2.62. The van der Waals surface area contributed by atoms with E-state index < -0.39 is 12.0 Å². The van der Waals surface area contributed by atoms with Crippen molar-refractivity contribution in [3.8, 4) is 5.75 Å². The first kappa shape index (κ1) is 16.5. The van der Waals surface area contributed by atoms with Crippen LogP contribution in [0.3, 0.4) is 0 Å². The quantitative estimate of drug-likeness (QED) is 0.635. The molecule has 0 fully saturated rings. The van der Waals surface area contributed by atoms with E-state index >= 15 is 0 Å². The number of nitrogens with one attached hydrogen (secondary N) is 2. The molecule has 128 valence electrons. The molecule has 0 aliphatic rings. The van der Waals surface area contributed by atoms with E-state index in [1.54, 1.807) is 14.0 Å². The monoisotopic (exact) mass is 338 g/mol. The van der Waals surface area contributed by atoms with Crippen LogP contribution in [0.25, 0.3) is 10.9 Å². The molecule has 0 amide bonds. The predicted molar refractivity (Wildman–Crippen MR) is 96.5 cm³/mol. The number of ether oxygens (including phenoxy) is 1. The maximum absolute atomic E-state index is 11.2. The van der Waals surface area contributed by atoms with Crippen LogP contribution in [0.1, 0.15) is 6.92 Å². The van der Waals surface area contributed by atoms with Gasteiger partial charge in [0.25, 0.3) is 0 Å². The van der Waals surface area contributed by atoms with Crippen LogP contribution in [-0.4, -0.2) is 34.2 Å². The maximum Gasteiger partial charge on any atom is 0.325 e. The molecular weight excluding hydrogens is 320 g/mol. The van der Waals surface area contributed by atoms with Crippen molar-refractivity contribution in [1.29, 1.82) is 0 Å². The molecule has 3 aromatic rings. The lowest BCUT2D eigenvalue weighted by atomic mass is 10.2. The Labute approximate surface area is 144 Å². The van der Waals surface area contributed by atoms with Gasteiger partial charge in [-0.3, -0.25) is 4.79 Å². The van der Waals surface area contributed by atoms with E-state index in [0.29, 0.717) is 23.0 Å². The molecule has 0 saturated heterocycles. The Hall–Kier alpha value is -3.35. The van der Waals surface area contributed by atoms with E-state index in [2.05, 4.69) is 20.6 Å². The number of carboxylic acid groups (broad SMARTS) is 1. The first-order chi connectivity index (χ1) is 12.1. The lowest BCUT2D eigenvalue weighted by Crippen LogP contribution is -2.26. The number of fused-ring (bicyclic) bond motifs is 1. The molecule has 7 nitrogen and oxygen atoms in total. The minimum absolute atomic E-state index is 0.350. The standard InChI is InChI=1S/C18H18N4O3/c1-11(17(23)24)19-16-12-7-3-4-8-13(12)20-18(22-16)21-14-9-5-6-10-15(14)25-2/h3-11H,1-2H3,(H,23,24)(H2,19,20,21,22). The van der Waals surface area contributed by atoms with Gasteiger partial charge in [-0.15, -0.1) is 0 Å². The van der Waals surface area contributed by atoms with Gasteiger partial charge in [0, 0.05) is 5.39 Å². The highest BCUT2D eigenvalue weighted by atomic mass is 16.5. The van der Waals surface area contributed by atoms with Gasteiger partial charge in [-0.2, -0.15) is 4.98 Å². The van der Waals surface area contributed by atoms with E-state index in [4.69, 9.17) is 9.84 Å². The van der Waals surface area contributed by atoms with Gasteiger partial charge >= 0.3 is 5.97 Å². The summed E-state index contributed by atoms with van der Waals surface area (Å²) < 4.78 is 5.32. The van der Waals surface area contributed by atoms with Crippen LogP contribution < -0.4 is 15.4 Å². The van der Waals surface area contributed by atoms with Crippen LogP contribution in [0, 0.1) is 0 Å². The van der Waals surface area contributed by atoms with Crippen LogP contribution in [0.4, 0.5) is 17.5 Å². The van der Waals surface area contributed by atoms with Gasteiger partial charge in [-0.05, 0) is 31.2 Å². The van der Waals surface area contributed by atoms with Crippen molar-refractivity contribution in [3.05, 3.63) is 48.5 Å². The number of hydrogen-bond donors (Lipinski definition) is 3. The Morgan fingerprint density at radius 1 is 1.12 bits per heavy atom. The van der Waals surface area contributed by atoms with Crippen molar-refractivity contribution in [2.45, 2.75) is 13.0 Å². The minimum atomic E-state index is -0.957. The third kappa shape index (κ3) is 3.60. The second kappa shape index (κ2) is 7.04. The number of carboxylic acids is 1. The molecule has 1 unspecified atom stereocenters. The van der Waals surface area contributed by atoms with Crippen LogP contribution in [0.5, 0.6) is 5.75 Å². The molecule has 3 N–H and O–H groups in total. The Morgan fingerprint density at radius 2 is 1.84 bits per heavy atom. The minimum Gasteiger partial charge on any atom is -0.495 e. The molecule has 0 saturated carbocycles. The Bertz CT molecular complexity index is 914. The Kier molecular flexibility index (Phi) is 4.65. The number of nitrogens with zero attached hydrogens (tertiary/aromatic N) is 2. The number of rotatable bonds is 6. The first-order valence-corrected chi connectivity index (χ1v) is 7.74. The molecule has 0 aliphatic heterocycles.